The number of piperidine rings is 1. The molecule has 0 spiro atoms. The molecule has 1 saturated heterocycles. The maximum Gasteiger partial charge on any atom is 0.243 e. The van der Waals surface area contributed by atoms with E-state index in [9.17, 15) is 22.4 Å². The Labute approximate surface area is 193 Å². The van der Waals surface area contributed by atoms with Crippen molar-refractivity contribution in [3.63, 3.8) is 0 Å². The lowest BCUT2D eigenvalue weighted by atomic mass is 10.2. The summed E-state index contributed by atoms with van der Waals surface area (Å²) in [6.45, 7) is 2.55. The van der Waals surface area contributed by atoms with Gasteiger partial charge in [0.15, 0.2) is 0 Å². The van der Waals surface area contributed by atoms with Crippen molar-refractivity contribution in [1.82, 2.24) is 9.21 Å². The highest BCUT2D eigenvalue weighted by atomic mass is 32.2. The zero-order valence-corrected chi connectivity index (χ0v) is 19.6. The second-order valence-corrected chi connectivity index (χ2v) is 10.1. The molecule has 2 N–H and O–H groups in total. The third-order valence-electron chi connectivity index (χ3n) is 5.60. The maximum atomic E-state index is 13.3. The van der Waals surface area contributed by atoms with Gasteiger partial charge >= 0.3 is 0 Å². The Morgan fingerprint density at radius 2 is 1.67 bits per heavy atom. The molecule has 1 aliphatic rings. The van der Waals surface area contributed by atoms with E-state index < -0.39 is 27.8 Å². The summed E-state index contributed by atoms with van der Waals surface area (Å²) in [7, 11) is -2.00. The molecule has 0 aliphatic carbocycles. The van der Waals surface area contributed by atoms with E-state index in [0.717, 1.165) is 19.3 Å². The standard InChI is InChI=1S/C23H29FN4O4S/c1-17(27(2)16-22(29)25-19-9-6-8-18(24)14-19)23(30)26-20-10-7-11-21(15-20)33(31,32)28-12-4-3-5-13-28/h6-11,14-15,17H,3-5,12-13,16H2,1-2H3,(H,25,29)(H,26,30)/t17-/m1/s1. The number of carbonyl (C=O) groups excluding carboxylic acids is 2. The predicted octanol–water partition coefficient (Wildman–Crippen LogP) is 2.90. The van der Waals surface area contributed by atoms with Crippen LogP contribution in [0.2, 0.25) is 0 Å². The first kappa shape index (κ1) is 24.8. The summed E-state index contributed by atoms with van der Waals surface area (Å²) in [6.07, 6.45) is 2.70. The van der Waals surface area contributed by atoms with Crippen LogP contribution in [0.1, 0.15) is 26.2 Å². The van der Waals surface area contributed by atoms with Gasteiger partial charge in [0.1, 0.15) is 5.82 Å². The van der Waals surface area contributed by atoms with E-state index in [2.05, 4.69) is 10.6 Å². The van der Waals surface area contributed by atoms with Crippen molar-refractivity contribution in [2.75, 3.05) is 37.3 Å². The Morgan fingerprint density at radius 1 is 1.03 bits per heavy atom. The molecule has 33 heavy (non-hydrogen) atoms. The highest BCUT2D eigenvalue weighted by Crippen LogP contribution is 2.23. The number of hydrogen-bond donors (Lipinski definition) is 2. The van der Waals surface area contributed by atoms with Crippen LogP contribution < -0.4 is 10.6 Å². The zero-order valence-electron chi connectivity index (χ0n) is 18.8. The average molecular weight is 477 g/mol. The van der Waals surface area contributed by atoms with Crippen molar-refractivity contribution in [3.05, 3.63) is 54.3 Å². The van der Waals surface area contributed by atoms with Crippen LogP contribution in [0.5, 0.6) is 0 Å². The number of nitrogens with zero attached hydrogens (tertiary/aromatic N) is 2. The lowest BCUT2D eigenvalue weighted by Gasteiger charge is -2.26. The Morgan fingerprint density at radius 3 is 2.33 bits per heavy atom. The summed E-state index contributed by atoms with van der Waals surface area (Å²) in [5.74, 6) is -1.24. The second-order valence-electron chi connectivity index (χ2n) is 8.13. The fourth-order valence-electron chi connectivity index (χ4n) is 3.57. The molecule has 10 heteroatoms. The van der Waals surface area contributed by atoms with Gasteiger partial charge in [-0.25, -0.2) is 12.8 Å². The third kappa shape index (κ3) is 6.59. The summed E-state index contributed by atoms with van der Waals surface area (Å²) in [5.41, 5.74) is 0.694. The van der Waals surface area contributed by atoms with Crippen LogP contribution in [0.3, 0.4) is 0 Å². The monoisotopic (exact) mass is 476 g/mol. The maximum absolute atomic E-state index is 13.3. The van der Waals surface area contributed by atoms with Gasteiger partial charge in [-0.05, 0) is 63.2 Å². The largest absolute Gasteiger partial charge is 0.325 e. The molecule has 1 aliphatic heterocycles. The summed E-state index contributed by atoms with van der Waals surface area (Å²) in [6, 6.07) is 11.1. The molecule has 2 aromatic rings. The number of anilines is 2. The molecule has 0 radical (unpaired) electrons. The quantitative estimate of drug-likeness (QED) is 0.611. The Balaban J connectivity index is 1.59. The molecule has 1 fully saturated rings. The second kappa shape index (κ2) is 10.9. The van der Waals surface area contributed by atoms with Crippen LogP contribution in [-0.2, 0) is 19.6 Å². The highest BCUT2D eigenvalue weighted by Gasteiger charge is 2.26. The lowest BCUT2D eigenvalue weighted by Crippen LogP contribution is -2.43. The van der Waals surface area contributed by atoms with Crippen molar-refractivity contribution in [2.45, 2.75) is 37.1 Å². The normalized spacial score (nSPS) is 15.8. The minimum absolute atomic E-state index is 0.0888. The van der Waals surface area contributed by atoms with Gasteiger partial charge in [0.25, 0.3) is 0 Å². The lowest BCUT2D eigenvalue weighted by molar-refractivity contribution is -0.122. The zero-order chi connectivity index (χ0) is 24.0. The van der Waals surface area contributed by atoms with Crippen LogP contribution in [0.4, 0.5) is 15.8 Å². The molecule has 8 nitrogen and oxygen atoms in total. The number of benzene rings is 2. The summed E-state index contributed by atoms with van der Waals surface area (Å²) in [5, 5.41) is 5.31. The van der Waals surface area contributed by atoms with Crippen molar-refractivity contribution in [3.8, 4) is 0 Å². The number of nitrogens with one attached hydrogen (secondary N) is 2. The topological polar surface area (TPSA) is 98.8 Å². The van der Waals surface area contributed by atoms with E-state index in [1.54, 1.807) is 32.2 Å². The summed E-state index contributed by atoms with van der Waals surface area (Å²) in [4.78, 5) is 26.6. The SMILES string of the molecule is C[C@H](C(=O)Nc1cccc(S(=O)(=O)N2CCCCC2)c1)N(C)CC(=O)Nc1cccc(F)c1. The molecular formula is C23H29FN4O4S. The number of sulfonamides is 1. The Kier molecular flexibility index (Phi) is 8.17. The number of carbonyl (C=O) groups is 2. The van der Waals surface area contributed by atoms with Crippen molar-refractivity contribution < 1.29 is 22.4 Å². The fourth-order valence-corrected chi connectivity index (χ4v) is 5.13. The molecular weight excluding hydrogens is 447 g/mol. The Hall–Kier alpha value is -2.82. The van der Waals surface area contributed by atoms with E-state index >= 15 is 0 Å². The number of amides is 2. The van der Waals surface area contributed by atoms with Crippen LogP contribution in [-0.4, -0.2) is 62.2 Å². The van der Waals surface area contributed by atoms with E-state index in [-0.39, 0.29) is 17.3 Å². The predicted molar refractivity (Wildman–Crippen MR) is 125 cm³/mol. The van der Waals surface area contributed by atoms with Gasteiger partial charge in [0, 0.05) is 24.5 Å². The summed E-state index contributed by atoms with van der Waals surface area (Å²) < 4.78 is 40.5. The smallest absolute Gasteiger partial charge is 0.243 e. The van der Waals surface area contributed by atoms with Crippen molar-refractivity contribution >= 4 is 33.2 Å². The van der Waals surface area contributed by atoms with Gasteiger partial charge in [0.2, 0.25) is 21.8 Å². The molecule has 2 aromatic carbocycles. The van der Waals surface area contributed by atoms with Gasteiger partial charge in [0.05, 0.1) is 17.5 Å². The summed E-state index contributed by atoms with van der Waals surface area (Å²) >= 11 is 0. The molecule has 0 bridgehead atoms. The van der Waals surface area contributed by atoms with Gasteiger partial charge in [-0.3, -0.25) is 14.5 Å². The molecule has 1 atom stereocenters. The fraction of sp³-hybridized carbons (Fsp3) is 0.391. The highest BCUT2D eigenvalue weighted by molar-refractivity contribution is 7.89. The van der Waals surface area contributed by atoms with Crippen LogP contribution in [0.15, 0.2) is 53.4 Å². The van der Waals surface area contributed by atoms with E-state index in [4.69, 9.17) is 0 Å². The Bertz CT molecular complexity index is 1100. The van der Waals surface area contributed by atoms with Crippen molar-refractivity contribution in [2.24, 2.45) is 0 Å². The molecule has 3 rings (SSSR count). The molecule has 0 unspecified atom stereocenters. The number of rotatable bonds is 8. The van der Waals surface area contributed by atoms with Gasteiger partial charge < -0.3 is 10.6 Å². The van der Waals surface area contributed by atoms with E-state index in [1.165, 1.54) is 39.5 Å². The minimum atomic E-state index is -3.61. The van der Waals surface area contributed by atoms with E-state index in [1.807, 2.05) is 0 Å². The third-order valence-corrected chi connectivity index (χ3v) is 7.49. The molecule has 0 aromatic heterocycles. The van der Waals surface area contributed by atoms with Crippen LogP contribution in [0, 0.1) is 5.82 Å². The molecule has 0 saturated carbocycles. The molecule has 1 heterocycles. The first-order valence-electron chi connectivity index (χ1n) is 10.8. The molecule has 2 amide bonds. The first-order chi connectivity index (χ1) is 15.7. The van der Waals surface area contributed by atoms with Gasteiger partial charge in [-0.2, -0.15) is 4.31 Å². The minimum Gasteiger partial charge on any atom is -0.325 e. The van der Waals surface area contributed by atoms with Crippen LogP contribution in [0.25, 0.3) is 0 Å². The number of likely N-dealkylation sites (N-methyl/N-ethyl adjacent to an activating group) is 1. The van der Waals surface area contributed by atoms with Crippen molar-refractivity contribution in [1.29, 1.82) is 0 Å². The van der Waals surface area contributed by atoms with Crippen LogP contribution >= 0.6 is 0 Å². The number of halogens is 1. The van der Waals surface area contributed by atoms with E-state index in [0.29, 0.717) is 24.5 Å². The first-order valence-corrected chi connectivity index (χ1v) is 12.3. The number of hydrogen-bond acceptors (Lipinski definition) is 5. The average Bonchev–Trinajstić information content (AvgIpc) is 2.79. The molecule has 178 valence electrons. The van der Waals surface area contributed by atoms with Gasteiger partial charge in [-0.1, -0.05) is 18.6 Å². The van der Waals surface area contributed by atoms with Gasteiger partial charge in [-0.15, -0.1) is 0 Å².